The second-order valence-corrected chi connectivity index (χ2v) is 9.54. The van der Waals surface area contributed by atoms with Crippen LogP contribution in [-0.4, -0.2) is 48.2 Å². The molecule has 0 unspecified atom stereocenters. The predicted octanol–water partition coefficient (Wildman–Crippen LogP) is 5.16. The zero-order chi connectivity index (χ0) is 22.3. The van der Waals surface area contributed by atoms with Crippen LogP contribution in [-0.2, 0) is 4.74 Å². The fourth-order valence-electron chi connectivity index (χ4n) is 4.02. The van der Waals surface area contributed by atoms with E-state index < -0.39 is 0 Å². The summed E-state index contributed by atoms with van der Waals surface area (Å²) in [6.07, 6.45) is -0.176. The summed E-state index contributed by atoms with van der Waals surface area (Å²) in [7, 11) is 0. The average molecular weight is 459 g/mol. The largest absolute Gasteiger partial charge is 0.459 e. The highest BCUT2D eigenvalue weighted by atomic mass is 35.5. The number of aromatic nitrogens is 2. The van der Waals surface area contributed by atoms with Gasteiger partial charge in [-0.15, -0.1) is 11.3 Å². The molecule has 1 saturated heterocycles. The van der Waals surface area contributed by atoms with Crippen LogP contribution in [0, 0.1) is 20.8 Å². The number of halogens is 1. The monoisotopic (exact) mass is 458 g/mol. The lowest BCUT2D eigenvalue weighted by Gasteiger charge is -2.37. The normalized spacial score (nSPS) is 14.5. The number of carbonyl (C=O) groups excluding carboxylic acids is 1. The zero-order valence-electron chi connectivity index (χ0n) is 18.5. The highest BCUT2D eigenvalue weighted by Crippen LogP contribution is 2.37. The van der Waals surface area contributed by atoms with Gasteiger partial charge in [-0.1, -0.05) is 12.1 Å². The number of benzene rings is 1. The molecule has 0 atom stereocenters. The van der Waals surface area contributed by atoms with Crippen LogP contribution < -0.4 is 9.80 Å². The predicted molar refractivity (Wildman–Crippen MR) is 128 cm³/mol. The van der Waals surface area contributed by atoms with Crippen LogP contribution in [0.3, 0.4) is 0 Å². The van der Waals surface area contributed by atoms with Crippen LogP contribution in [0.1, 0.15) is 40.2 Å². The first-order valence-electron chi connectivity index (χ1n) is 10.5. The van der Waals surface area contributed by atoms with Crippen LogP contribution in [0.4, 0.5) is 11.5 Å². The fraction of sp³-hybridized carbons (Fsp3) is 0.435. The van der Waals surface area contributed by atoms with E-state index in [1.54, 1.807) is 0 Å². The molecule has 0 amide bonds. The van der Waals surface area contributed by atoms with Crippen molar-refractivity contribution in [2.45, 2.75) is 40.7 Å². The Morgan fingerprint density at radius 1 is 1.06 bits per heavy atom. The maximum atomic E-state index is 12.6. The Labute approximate surface area is 191 Å². The SMILES string of the molecule is Cc1cccc(N2CCN(c3nc(Cl)nc4sc(C(=O)OC(C)C)c(C)c34)CC2)c1C. The molecule has 2 aromatic heterocycles. The molecule has 0 radical (unpaired) electrons. The summed E-state index contributed by atoms with van der Waals surface area (Å²) < 4.78 is 5.42. The number of ether oxygens (including phenoxy) is 1. The summed E-state index contributed by atoms with van der Waals surface area (Å²) in [5, 5.41) is 1.09. The van der Waals surface area contributed by atoms with Crippen molar-refractivity contribution in [2.24, 2.45) is 0 Å². The van der Waals surface area contributed by atoms with Gasteiger partial charge in [-0.3, -0.25) is 0 Å². The molecule has 6 nitrogen and oxygen atoms in total. The van der Waals surface area contributed by atoms with Crippen molar-refractivity contribution >= 4 is 50.6 Å². The molecule has 0 aliphatic carbocycles. The molecular formula is C23H27ClN4O2S. The maximum Gasteiger partial charge on any atom is 0.348 e. The van der Waals surface area contributed by atoms with Gasteiger partial charge in [0.05, 0.1) is 11.5 Å². The first kappa shape index (κ1) is 21.8. The third kappa shape index (κ3) is 4.21. The minimum absolute atomic E-state index is 0.176. The van der Waals surface area contributed by atoms with E-state index in [9.17, 15) is 4.79 Å². The Kier molecular flexibility index (Phi) is 6.08. The number of carbonyl (C=O) groups is 1. The lowest BCUT2D eigenvalue weighted by molar-refractivity contribution is 0.0383. The lowest BCUT2D eigenvalue weighted by Crippen LogP contribution is -2.47. The molecule has 4 rings (SSSR count). The minimum Gasteiger partial charge on any atom is -0.459 e. The smallest absolute Gasteiger partial charge is 0.348 e. The van der Waals surface area contributed by atoms with Gasteiger partial charge in [0.15, 0.2) is 0 Å². The topological polar surface area (TPSA) is 58.6 Å². The number of anilines is 2. The summed E-state index contributed by atoms with van der Waals surface area (Å²) in [6, 6.07) is 6.45. The van der Waals surface area contributed by atoms with Crippen molar-refractivity contribution in [3.8, 4) is 0 Å². The molecule has 0 spiro atoms. The molecule has 1 aromatic carbocycles. The Hall–Kier alpha value is -2.38. The zero-order valence-corrected chi connectivity index (χ0v) is 20.1. The molecule has 3 heterocycles. The second kappa shape index (κ2) is 8.63. The van der Waals surface area contributed by atoms with Crippen molar-refractivity contribution in [2.75, 3.05) is 36.0 Å². The summed E-state index contributed by atoms with van der Waals surface area (Å²) in [5.74, 6) is 0.477. The van der Waals surface area contributed by atoms with Gasteiger partial charge in [0.1, 0.15) is 15.5 Å². The van der Waals surface area contributed by atoms with Gasteiger partial charge < -0.3 is 14.5 Å². The first-order chi connectivity index (χ1) is 14.8. The number of fused-ring (bicyclic) bond motifs is 1. The maximum absolute atomic E-state index is 12.6. The number of hydrogen-bond donors (Lipinski definition) is 0. The first-order valence-corrected chi connectivity index (χ1v) is 11.7. The fourth-order valence-corrected chi connectivity index (χ4v) is 5.29. The van der Waals surface area contributed by atoms with Gasteiger partial charge in [-0.05, 0) is 69.0 Å². The lowest BCUT2D eigenvalue weighted by atomic mass is 10.1. The molecule has 0 saturated carbocycles. The van der Waals surface area contributed by atoms with E-state index in [2.05, 4.69) is 51.8 Å². The van der Waals surface area contributed by atoms with Gasteiger partial charge in [0.25, 0.3) is 0 Å². The van der Waals surface area contributed by atoms with Crippen molar-refractivity contribution in [1.29, 1.82) is 0 Å². The second-order valence-electron chi connectivity index (χ2n) is 8.20. The number of esters is 1. The Morgan fingerprint density at radius 3 is 2.42 bits per heavy atom. The Morgan fingerprint density at radius 2 is 1.74 bits per heavy atom. The third-order valence-electron chi connectivity index (χ3n) is 5.77. The summed E-state index contributed by atoms with van der Waals surface area (Å²) in [6.45, 7) is 13.4. The molecule has 8 heteroatoms. The van der Waals surface area contributed by atoms with E-state index in [-0.39, 0.29) is 17.4 Å². The van der Waals surface area contributed by atoms with Crippen molar-refractivity contribution in [3.05, 3.63) is 45.1 Å². The minimum atomic E-state index is -0.322. The molecule has 31 heavy (non-hydrogen) atoms. The quantitative estimate of drug-likeness (QED) is 0.397. The number of piperazine rings is 1. The summed E-state index contributed by atoms with van der Waals surface area (Å²) in [4.78, 5) is 27.5. The molecule has 1 fully saturated rings. The molecule has 164 valence electrons. The Bertz CT molecular complexity index is 1140. The van der Waals surface area contributed by atoms with Crippen molar-refractivity contribution in [1.82, 2.24) is 9.97 Å². The molecule has 0 N–H and O–H groups in total. The number of nitrogens with zero attached hydrogens (tertiary/aromatic N) is 4. The molecule has 0 bridgehead atoms. The van der Waals surface area contributed by atoms with E-state index in [1.807, 2.05) is 20.8 Å². The highest BCUT2D eigenvalue weighted by Gasteiger charge is 2.26. The van der Waals surface area contributed by atoms with Gasteiger partial charge in [0, 0.05) is 31.9 Å². The van der Waals surface area contributed by atoms with Crippen LogP contribution in [0.2, 0.25) is 5.28 Å². The van der Waals surface area contributed by atoms with Crippen LogP contribution in [0.25, 0.3) is 10.2 Å². The van der Waals surface area contributed by atoms with Crippen molar-refractivity contribution in [3.63, 3.8) is 0 Å². The molecule has 1 aliphatic rings. The van der Waals surface area contributed by atoms with Gasteiger partial charge in [-0.2, -0.15) is 4.98 Å². The van der Waals surface area contributed by atoms with Gasteiger partial charge >= 0.3 is 5.97 Å². The van der Waals surface area contributed by atoms with E-state index in [1.165, 1.54) is 28.2 Å². The van der Waals surface area contributed by atoms with Crippen molar-refractivity contribution < 1.29 is 9.53 Å². The number of thiophene rings is 1. The van der Waals surface area contributed by atoms with Gasteiger partial charge in [0.2, 0.25) is 5.28 Å². The number of hydrogen-bond acceptors (Lipinski definition) is 7. The average Bonchev–Trinajstić information content (AvgIpc) is 3.05. The van der Waals surface area contributed by atoms with Gasteiger partial charge in [-0.25, -0.2) is 9.78 Å². The Balaban J connectivity index is 1.63. The van der Waals surface area contributed by atoms with Crippen LogP contribution in [0.15, 0.2) is 18.2 Å². The van der Waals surface area contributed by atoms with Crippen LogP contribution >= 0.6 is 22.9 Å². The van der Waals surface area contributed by atoms with Crippen LogP contribution in [0.5, 0.6) is 0 Å². The summed E-state index contributed by atoms with van der Waals surface area (Å²) in [5.41, 5.74) is 4.77. The van der Waals surface area contributed by atoms with E-state index in [4.69, 9.17) is 16.3 Å². The standard InChI is InChI=1S/C23H27ClN4O2S/c1-13(2)30-22(29)19-16(5)18-20(25-23(24)26-21(18)31-19)28-11-9-27(10-12-28)17-8-6-7-14(3)15(17)4/h6-8,13H,9-12H2,1-5H3. The van der Waals surface area contributed by atoms with E-state index in [0.717, 1.165) is 47.8 Å². The molecule has 1 aliphatic heterocycles. The van der Waals surface area contributed by atoms with E-state index in [0.29, 0.717) is 4.88 Å². The molecular weight excluding hydrogens is 432 g/mol. The third-order valence-corrected chi connectivity index (χ3v) is 7.10. The van der Waals surface area contributed by atoms with E-state index >= 15 is 0 Å². The number of aryl methyl sites for hydroxylation is 2. The molecule has 3 aromatic rings. The highest BCUT2D eigenvalue weighted by molar-refractivity contribution is 7.20. The number of rotatable bonds is 4. The summed E-state index contributed by atoms with van der Waals surface area (Å²) >= 11 is 7.58.